The van der Waals surface area contributed by atoms with Gasteiger partial charge in [0.1, 0.15) is 6.61 Å². The Kier molecular flexibility index (Phi) is 5.49. The second kappa shape index (κ2) is 8.21. The first-order chi connectivity index (χ1) is 14.1. The Morgan fingerprint density at radius 3 is 2.69 bits per heavy atom. The lowest BCUT2D eigenvalue weighted by molar-refractivity contribution is -0.115. The third-order valence-corrected chi connectivity index (χ3v) is 6.34. The van der Waals surface area contributed by atoms with Gasteiger partial charge in [0.05, 0.1) is 17.6 Å². The SMILES string of the molecule is COc1cc([C@H]2S[C@@H](C)C(=O)Nc3n[nH]c(C)c32)ccc1OCc1ccccc1. The number of anilines is 1. The summed E-state index contributed by atoms with van der Waals surface area (Å²) in [6.45, 7) is 4.35. The normalized spacial score (nSPS) is 18.5. The third kappa shape index (κ3) is 3.96. The van der Waals surface area contributed by atoms with Gasteiger partial charge in [-0.3, -0.25) is 9.89 Å². The van der Waals surface area contributed by atoms with Crippen LogP contribution in [0.5, 0.6) is 11.5 Å². The molecule has 0 saturated carbocycles. The van der Waals surface area contributed by atoms with E-state index in [1.165, 1.54) is 0 Å². The monoisotopic (exact) mass is 409 g/mol. The van der Waals surface area contributed by atoms with Crippen LogP contribution in [0.1, 0.15) is 34.6 Å². The molecular formula is C22H23N3O3S. The van der Waals surface area contributed by atoms with Gasteiger partial charge in [-0.25, -0.2) is 0 Å². The number of H-pyrrole nitrogens is 1. The number of carbonyl (C=O) groups excluding carboxylic acids is 1. The van der Waals surface area contributed by atoms with Crippen LogP contribution in [0.4, 0.5) is 5.82 Å². The van der Waals surface area contributed by atoms with E-state index in [2.05, 4.69) is 15.5 Å². The Morgan fingerprint density at radius 2 is 1.93 bits per heavy atom. The van der Waals surface area contributed by atoms with Gasteiger partial charge in [-0.05, 0) is 37.1 Å². The molecular weight excluding hydrogens is 386 g/mol. The lowest BCUT2D eigenvalue weighted by atomic mass is 10.0. The van der Waals surface area contributed by atoms with Crippen LogP contribution in [0, 0.1) is 6.92 Å². The Morgan fingerprint density at radius 1 is 1.14 bits per heavy atom. The smallest absolute Gasteiger partial charge is 0.238 e. The minimum atomic E-state index is -0.200. The van der Waals surface area contributed by atoms with Crippen molar-refractivity contribution in [2.75, 3.05) is 12.4 Å². The van der Waals surface area contributed by atoms with E-state index in [0.717, 1.165) is 22.4 Å². The van der Waals surface area contributed by atoms with Crippen LogP contribution in [0.2, 0.25) is 0 Å². The number of aryl methyl sites for hydroxylation is 1. The molecule has 7 heteroatoms. The highest BCUT2D eigenvalue weighted by atomic mass is 32.2. The van der Waals surface area contributed by atoms with Gasteiger partial charge in [-0.15, -0.1) is 11.8 Å². The summed E-state index contributed by atoms with van der Waals surface area (Å²) in [5.74, 6) is 1.90. The van der Waals surface area contributed by atoms with E-state index >= 15 is 0 Å². The van der Waals surface area contributed by atoms with Crippen LogP contribution in [-0.2, 0) is 11.4 Å². The minimum absolute atomic E-state index is 0.0416. The van der Waals surface area contributed by atoms with E-state index in [9.17, 15) is 4.79 Å². The first kappa shape index (κ1) is 19.4. The van der Waals surface area contributed by atoms with Crippen LogP contribution >= 0.6 is 11.8 Å². The van der Waals surface area contributed by atoms with Crippen LogP contribution in [0.3, 0.4) is 0 Å². The van der Waals surface area contributed by atoms with Gasteiger partial charge in [0.2, 0.25) is 5.91 Å². The fraction of sp³-hybridized carbons (Fsp3) is 0.273. The predicted molar refractivity (Wildman–Crippen MR) is 115 cm³/mol. The maximum atomic E-state index is 12.3. The number of fused-ring (bicyclic) bond motifs is 1. The summed E-state index contributed by atoms with van der Waals surface area (Å²) < 4.78 is 11.6. The van der Waals surface area contributed by atoms with Crippen molar-refractivity contribution in [1.82, 2.24) is 10.2 Å². The molecule has 0 spiro atoms. The molecule has 0 bridgehead atoms. The number of aromatic nitrogens is 2. The zero-order chi connectivity index (χ0) is 20.4. The summed E-state index contributed by atoms with van der Waals surface area (Å²) in [4.78, 5) is 12.3. The van der Waals surface area contributed by atoms with E-state index in [0.29, 0.717) is 23.9 Å². The molecule has 2 N–H and O–H groups in total. The second-order valence-corrected chi connectivity index (χ2v) is 8.39. The molecule has 2 aromatic carbocycles. The van der Waals surface area contributed by atoms with Crippen molar-refractivity contribution in [3.05, 3.63) is 70.9 Å². The van der Waals surface area contributed by atoms with E-state index < -0.39 is 0 Å². The first-order valence-corrected chi connectivity index (χ1v) is 10.4. The van der Waals surface area contributed by atoms with Crippen molar-refractivity contribution in [2.24, 2.45) is 0 Å². The van der Waals surface area contributed by atoms with Crippen LogP contribution < -0.4 is 14.8 Å². The first-order valence-electron chi connectivity index (χ1n) is 9.42. The summed E-state index contributed by atoms with van der Waals surface area (Å²) >= 11 is 1.60. The average molecular weight is 410 g/mol. The number of hydrogen-bond acceptors (Lipinski definition) is 5. The number of amides is 1. The summed E-state index contributed by atoms with van der Waals surface area (Å²) in [7, 11) is 1.64. The van der Waals surface area contributed by atoms with Crippen molar-refractivity contribution in [3.8, 4) is 11.5 Å². The van der Waals surface area contributed by atoms with Gasteiger partial charge in [-0.1, -0.05) is 36.4 Å². The number of aromatic amines is 1. The summed E-state index contributed by atoms with van der Waals surface area (Å²) in [5, 5.41) is 9.93. The molecule has 4 rings (SSSR count). The zero-order valence-corrected chi connectivity index (χ0v) is 17.4. The molecule has 3 aromatic rings. The molecule has 0 aliphatic carbocycles. The molecule has 2 heterocycles. The number of rotatable bonds is 5. The van der Waals surface area contributed by atoms with Crippen molar-refractivity contribution in [1.29, 1.82) is 0 Å². The van der Waals surface area contributed by atoms with Crippen molar-refractivity contribution in [3.63, 3.8) is 0 Å². The molecule has 0 fully saturated rings. The Bertz CT molecular complexity index is 1020. The molecule has 1 aromatic heterocycles. The molecule has 1 aliphatic rings. The summed E-state index contributed by atoms with van der Waals surface area (Å²) in [6, 6.07) is 16.0. The summed E-state index contributed by atoms with van der Waals surface area (Å²) in [6.07, 6.45) is 0. The lowest BCUT2D eigenvalue weighted by Crippen LogP contribution is -2.21. The number of benzene rings is 2. The molecule has 2 atom stereocenters. The van der Waals surface area contributed by atoms with Crippen LogP contribution in [0.25, 0.3) is 0 Å². The topological polar surface area (TPSA) is 76.2 Å². The number of thioether (sulfide) groups is 1. The van der Waals surface area contributed by atoms with Crippen LogP contribution in [0.15, 0.2) is 48.5 Å². The molecule has 0 saturated heterocycles. The van der Waals surface area contributed by atoms with Gasteiger partial charge in [0, 0.05) is 11.3 Å². The van der Waals surface area contributed by atoms with E-state index in [4.69, 9.17) is 9.47 Å². The number of nitrogens with one attached hydrogen (secondary N) is 2. The van der Waals surface area contributed by atoms with Crippen LogP contribution in [-0.4, -0.2) is 28.5 Å². The highest BCUT2D eigenvalue weighted by Crippen LogP contribution is 2.46. The van der Waals surface area contributed by atoms with Gasteiger partial charge < -0.3 is 14.8 Å². The second-order valence-electron chi connectivity index (χ2n) is 6.94. The molecule has 150 valence electrons. The standard InChI is InChI=1S/C22H23N3O3S/c1-13-19-20(29-14(2)22(26)23-21(19)25-24-13)16-9-10-17(18(11-16)27-3)28-12-15-7-5-4-6-8-15/h4-11,14,20H,12H2,1-3H3,(H2,23,24,25,26)/t14-,20+/m0/s1. The zero-order valence-electron chi connectivity index (χ0n) is 16.6. The Labute approximate surface area is 174 Å². The quantitative estimate of drug-likeness (QED) is 0.650. The summed E-state index contributed by atoms with van der Waals surface area (Å²) in [5.41, 5.74) is 4.06. The number of carbonyl (C=O) groups is 1. The molecule has 0 unspecified atom stereocenters. The fourth-order valence-corrected chi connectivity index (χ4v) is 4.67. The average Bonchev–Trinajstić information content (AvgIpc) is 3.04. The molecule has 1 amide bonds. The van der Waals surface area contributed by atoms with Gasteiger partial charge >= 0.3 is 0 Å². The van der Waals surface area contributed by atoms with Crippen molar-refractivity contribution in [2.45, 2.75) is 31.0 Å². The predicted octanol–water partition coefficient (Wildman–Crippen LogP) is 4.47. The molecule has 29 heavy (non-hydrogen) atoms. The van der Waals surface area contributed by atoms with Gasteiger partial charge in [0.25, 0.3) is 0 Å². The Hall–Kier alpha value is -2.93. The van der Waals surface area contributed by atoms with E-state index in [-0.39, 0.29) is 16.4 Å². The van der Waals surface area contributed by atoms with E-state index in [1.807, 2.05) is 62.4 Å². The van der Waals surface area contributed by atoms with Crippen molar-refractivity contribution < 1.29 is 14.3 Å². The molecule has 6 nitrogen and oxygen atoms in total. The van der Waals surface area contributed by atoms with E-state index in [1.54, 1.807) is 18.9 Å². The maximum absolute atomic E-state index is 12.3. The van der Waals surface area contributed by atoms with Crippen molar-refractivity contribution >= 4 is 23.5 Å². The maximum Gasteiger partial charge on any atom is 0.238 e. The van der Waals surface area contributed by atoms with Gasteiger partial charge in [-0.2, -0.15) is 5.10 Å². The number of hydrogen-bond donors (Lipinski definition) is 2. The van der Waals surface area contributed by atoms with Gasteiger partial charge in [0.15, 0.2) is 17.3 Å². The highest BCUT2D eigenvalue weighted by Gasteiger charge is 2.32. The fourth-order valence-electron chi connectivity index (χ4n) is 3.35. The molecule has 1 aliphatic heterocycles. The largest absolute Gasteiger partial charge is 0.493 e. The lowest BCUT2D eigenvalue weighted by Gasteiger charge is -2.19. The Balaban J connectivity index is 1.64. The molecule has 0 radical (unpaired) electrons. The number of nitrogens with zero attached hydrogens (tertiary/aromatic N) is 1. The minimum Gasteiger partial charge on any atom is -0.493 e. The highest BCUT2D eigenvalue weighted by molar-refractivity contribution is 8.01. The number of methoxy groups -OCH3 is 1. The number of ether oxygens (including phenoxy) is 2. The third-order valence-electron chi connectivity index (χ3n) is 4.94.